The number of esters is 1. The summed E-state index contributed by atoms with van der Waals surface area (Å²) in [5.74, 6) is -2.68. The number of nitrogens with one attached hydrogen (secondary N) is 1. The second-order valence-corrected chi connectivity index (χ2v) is 4.85. The molecule has 0 aromatic carbocycles. The zero-order chi connectivity index (χ0) is 16.4. The fraction of sp³-hybridized carbons (Fsp3) is 0.462. The summed E-state index contributed by atoms with van der Waals surface area (Å²) in [5.41, 5.74) is 1.11. The average Bonchev–Trinajstić information content (AvgIpc) is 2.99. The topological polar surface area (TPSA) is 111 Å². The molecule has 0 atom stereocenters. The zero-order valence-corrected chi connectivity index (χ0v) is 12.5. The Labute approximate surface area is 126 Å². The molecule has 9 nitrogen and oxygen atoms in total. The summed E-state index contributed by atoms with van der Waals surface area (Å²) >= 11 is 0. The smallest absolute Gasteiger partial charge is 0.380 e. The Morgan fingerprint density at radius 2 is 2.00 bits per heavy atom. The number of aromatic nitrogens is 2. The van der Waals surface area contributed by atoms with Crippen molar-refractivity contribution in [2.45, 2.75) is 13.8 Å². The summed E-state index contributed by atoms with van der Waals surface area (Å²) in [6.45, 7) is 3.17. The molecule has 0 bridgehead atoms. The minimum Gasteiger partial charge on any atom is -0.450 e. The molecule has 2 rings (SSSR count). The molecule has 0 aliphatic carbocycles. The van der Waals surface area contributed by atoms with Crippen LogP contribution in [0.15, 0.2) is 0 Å². The van der Waals surface area contributed by atoms with Gasteiger partial charge in [0, 0.05) is 25.8 Å². The van der Waals surface area contributed by atoms with Gasteiger partial charge in [-0.1, -0.05) is 0 Å². The van der Waals surface area contributed by atoms with Crippen LogP contribution >= 0.6 is 0 Å². The number of rotatable bonds is 4. The van der Waals surface area contributed by atoms with Crippen LogP contribution in [0.1, 0.15) is 21.7 Å². The second kappa shape index (κ2) is 5.96. The number of hydrogen-bond acceptors (Lipinski definition) is 6. The number of Topliss-reactive ketones (excluding diaryl/α,β-unsaturated/α-hetero) is 1. The highest BCUT2D eigenvalue weighted by atomic mass is 16.5. The van der Waals surface area contributed by atoms with Crippen molar-refractivity contribution in [1.29, 1.82) is 0 Å². The maximum atomic E-state index is 12.1. The van der Waals surface area contributed by atoms with Gasteiger partial charge >= 0.3 is 12.0 Å². The van der Waals surface area contributed by atoms with Crippen LogP contribution in [0.5, 0.6) is 0 Å². The average molecular weight is 308 g/mol. The van der Waals surface area contributed by atoms with E-state index in [1.807, 2.05) is 0 Å². The number of carbonyl (C=O) groups excluding carboxylic acids is 4. The van der Waals surface area contributed by atoms with Crippen molar-refractivity contribution in [3.05, 3.63) is 17.0 Å². The summed E-state index contributed by atoms with van der Waals surface area (Å²) in [5, 5.41) is 6.49. The first-order valence-corrected chi connectivity index (χ1v) is 6.62. The van der Waals surface area contributed by atoms with E-state index in [-0.39, 0.29) is 12.1 Å². The van der Waals surface area contributed by atoms with Gasteiger partial charge in [0.05, 0.1) is 11.3 Å². The van der Waals surface area contributed by atoms with Crippen molar-refractivity contribution in [2.24, 2.45) is 7.05 Å². The van der Waals surface area contributed by atoms with Crippen molar-refractivity contribution >= 4 is 23.7 Å². The molecule has 2 heterocycles. The molecule has 1 saturated heterocycles. The predicted octanol–water partition coefficient (Wildman–Crippen LogP) is -0.685. The quantitative estimate of drug-likeness (QED) is 0.448. The van der Waals surface area contributed by atoms with E-state index < -0.39 is 30.3 Å². The number of hydrogen-bond donors (Lipinski definition) is 1. The Bertz CT molecular complexity index is 664. The number of carbonyl (C=O) groups is 4. The SMILES string of the molecule is Cc1nn(C)c(C)c1C(=O)C(=O)OCC(=O)N1CCNC1=O. The van der Waals surface area contributed by atoms with Gasteiger partial charge < -0.3 is 10.1 Å². The third-order valence-corrected chi connectivity index (χ3v) is 3.41. The molecule has 1 aliphatic heterocycles. The summed E-state index contributed by atoms with van der Waals surface area (Å²) in [4.78, 5) is 47.8. The molecule has 0 saturated carbocycles. The molecule has 0 spiro atoms. The Morgan fingerprint density at radius 3 is 2.50 bits per heavy atom. The third-order valence-electron chi connectivity index (χ3n) is 3.41. The maximum Gasteiger partial charge on any atom is 0.380 e. The van der Waals surface area contributed by atoms with Gasteiger partial charge in [-0.05, 0) is 13.8 Å². The number of nitrogens with zero attached hydrogens (tertiary/aromatic N) is 3. The van der Waals surface area contributed by atoms with Crippen molar-refractivity contribution in [3.8, 4) is 0 Å². The van der Waals surface area contributed by atoms with Gasteiger partial charge in [-0.15, -0.1) is 0 Å². The number of ketones is 1. The Hall–Kier alpha value is -2.71. The molecule has 1 aliphatic rings. The lowest BCUT2D eigenvalue weighted by molar-refractivity contribution is -0.146. The fourth-order valence-electron chi connectivity index (χ4n) is 2.18. The van der Waals surface area contributed by atoms with E-state index in [9.17, 15) is 19.2 Å². The summed E-state index contributed by atoms with van der Waals surface area (Å²) in [6.07, 6.45) is 0. The minimum absolute atomic E-state index is 0.166. The predicted molar refractivity (Wildman–Crippen MR) is 73.1 cm³/mol. The Morgan fingerprint density at radius 1 is 1.32 bits per heavy atom. The molecule has 0 radical (unpaired) electrons. The standard InChI is InChI=1S/C13H16N4O5/c1-7-10(8(2)16(3)15-7)11(19)12(20)22-6-9(18)17-5-4-14-13(17)21/h4-6H2,1-3H3,(H,14,21). The molecule has 22 heavy (non-hydrogen) atoms. The Kier molecular flexibility index (Phi) is 4.25. The molecule has 1 N–H and O–H groups in total. The van der Waals surface area contributed by atoms with E-state index in [0.29, 0.717) is 17.9 Å². The van der Waals surface area contributed by atoms with Crippen LogP contribution in [0.3, 0.4) is 0 Å². The van der Waals surface area contributed by atoms with Crippen LogP contribution in [-0.4, -0.2) is 58.1 Å². The number of ether oxygens (including phenoxy) is 1. The number of imide groups is 1. The van der Waals surface area contributed by atoms with E-state index in [0.717, 1.165) is 4.90 Å². The van der Waals surface area contributed by atoms with Gasteiger partial charge in [0.1, 0.15) is 0 Å². The fourth-order valence-corrected chi connectivity index (χ4v) is 2.18. The third kappa shape index (κ3) is 2.83. The maximum absolute atomic E-state index is 12.1. The molecule has 118 valence electrons. The monoisotopic (exact) mass is 308 g/mol. The zero-order valence-electron chi connectivity index (χ0n) is 12.5. The van der Waals surface area contributed by atoms with Crippen LogP contribution in [0, 0.1) is 13.8 Å². The molecule has 9 heteroatoms. The molecule has 0 unspecified atom stereocenters. The van der Waals surface area contributed by atoms with Gasteiger partial charge in [0.15, 0.2) is 6.61 Å². The highest BCUT2D eigenvalue weighted by Crippen LogP contribution is 2.13. The number of amides is 3. The van der Waals surface area contributed by atoms with E-state index in [1.165, 1.54) is 4.68 Å². The highest BCUT2D eigenvalue weighted by molar-refractivity contribution is 6.41. The normalized spacial score (nSPS) is 14.0. The summed E-state index contributed by atoms with van der Waals surface area (Å²) < 4.78 is 6.19. The molecule has 3 amide bonds. The molecule has 1 fully saturated rings. The number of urea groups is 1. The van der Waals surface area contributed by atoms with Gasteiger partial charge in [-0.3, -0.25) is 19.2 Å². The van der Waals surface area contributed by atoms with E-state index in [4.69, 9.17) is 4.74 Å². The Balaban J connectivity index is 1.99. The molecule has 1 aromatic heterocycles. The van der Waals surface area contributed by atoms with Crippen LogP contribution in [0.4, 0.5) is 4.79 Å². The summed E-state index contributed by atoms with van der Waals surface area (Å²) in [7, 11) is 1.65. The van der Waals surface area contributed by atoms with Crippen LogP contribution in [-0.2, 0) is 21.4 Å². The second-order valence-electron chi connectivity index (χ2n) is 4.85. The number of aryl methyl sites for hydroxylation is 2. The highest BCUT2D eigenvalue weighted by Gasteiger charge is 2.29. The van der Waals surface area contributed by atoms with E-state index in [2.05, 4.69) is 10.4 Å². The van der Waals surface area contributed by atoms with Crippen molar-refractivity contribution in [1.82, 2.24) is 20.0 Å². The first-order chi connectivity index (χ1) is 10.3. The van der Waals surface area contributed by atoms with E-state index >= 15 is 0 Å². The van der Waals surface area contributed by atoms with Crippen molar-refractivity contribution in [2.75, 3.05) is 19.7 Å². The van der Waals surface area contributed by atoms with Crippen LogP contribution in [0.25, 0.3) is 0 Å². The van der Waals surface area contributed by atoms with Crippen LogP contribution in [0.2, 0.25) is 0 Å². The lowest BCUT2D eigenvalue weighted by Crippen LogP contribution is -2.37. The van der Waals surface area contributed by atoms with Gasteiger partial charge in [-0.25, -0.2) is 9.59 Å². The first kappa shape index (κ1) is 15.7. The van der Waals surface area contributed by atoms with Crippen molar-refractivity contribution < 1.29 is 23.9 Å². The van der Waals surface area contributed by atoms with Crippen molar-refractivity contribution in [3.63, 3.8) is 0 Å². The minimum atomic E-state index is -1.15. The van der Waals surface area contributed by atoms with Gasteiger partial charge in [0.25, 0.3) is 11.7 Å². The largest absolute Gasteiger partial charge is 0.450 e. The van der Waals surface area contributed by atoms with Crippen LogP contribution < -0.4 is 5.32 Å². The lowest BCUT2D eigenvalue weighted by Gasteiger charge is -2.11. The summed E-state index contributed by atoms with van der Waals surface area (Å²) in [6, 6.07) is -0.536. The van der Waals surface area contributed by atoms with Gasteiger partial charge in [-0.2, -0.15) is 5.10 Å². The lowest BCUT2D eigenvalue weighted by atomic mass is 10.1. The van der Waals surface area contributed by atoms with Gasteiger partial charge in [0.2, 0.25) is 0 Å². The molecular formula is C13H16N4O5. The first-order valence-electron chi connectivity index (χ1n) is 6.62. The molecular weight excluding hydrogens is 292 g/mol. The van der Waals surface area contributed by atoms with E-state index in [1.54, 1.807) is 20.9 Å². The molecule has 1 aromatic rings.